The number of halogens is 3. The number of rotatable bonds is 5. The smallest absolute Gasteiger partial charge is 0.308 e. The molecular weight excluding hydrogens is 233 g/mol. The van der Waals surface area contributed by atoms with Crippen molar-refractivity contribution in [3.05, 3.63) is 17.6 Å². The maximum atomic E-state index is 12.1. The van der Waals surface area contributed by atoms with Crippen LogP contribution in [-0.2, 0) is 12.8 Å². The van der Waals surface area contributed by atoms with Gasteiger partial charge in [0.25, 0.3) is 0 Å². The molecule has 17 heavy (non-hydrogen) atoms. The quantitative estimate of drug-likeness (QED) is 0.619. The van der Waals surface area contributed by atoms with Crippen molar-refractivity contribution in [3.8, 4) is 0 Å². The third-order valence-electron chi connectivity index (χ3n) is 2.11. The minimum Gasteiger partial charge on any atom is -0.308 e. The van der Waals surface area contributed by atoms with E-state index in [0.29, 0.717) is 17.9 Å². The molecule has 1 heterocycles. The Balaban J connectivity index is 2.79. The van der Waals surface area contributed by atoms with E-state index in [1.807, 2.05) is 6.92 Å². The molecule has 1 aromatic heterocycles. The van der Waals surface area contributed by atoms with Crippen molar-refractivity contribution in [2.45, 2.75) is 38.8 Å². The number of hydrogen-bond acceptors (Lipinski definition) is 4. The average molecular weight is 248 g/mol. The van der Waals surface area contributed by atoms with E-state index in [0.717, 1.165) is 6.42 Å². The molecule has 0 aliphatic carbocycles. The van der Waals surface area contributed by atoms with Gasteiger partial charge < -0.3 is 5.43 Å². The molecule has 4 nitrogen and oxygen atoms in total. The van der Waals surface area contributed by atoms with Crippen LogP contribution in [0.25, 0.3) is 0 Å². The first-order valence-corrected chi connectivity index (χ1v) is 5.35. The molecule has 1 rings (SSSR count). The van der Waals surface area contributed by atoms with Crippen molar-refractivity contribution in [2.24, 2.45) is 5.84 Å². The highest BCUT2D eigenvalue weighted by atomic mass is 19.4. The zero-order chi connectivity index (χ0) is 12.9. The van der Waals surface area contributed by atoms with Crippen molar-refractivity contribution in [1.29, 1.82) is 0 Å². The Morgan fingerprint density at radius 2 is 2.00 bits per heavy atom. The van der Waals surface area contributed by atoms with E-state index in [4.69, 9.17) is 5.84 Å². The van der Waals surface area contributed by atoms with E-state index >= 15 is 0 Å². The van der Waals surface area contributed by atoms with Crippen LogP contribution in [0.3, 0.4) is 0 Å². The molecule has 0 unspecified atom stereocenters. The average Bonchev–Trinajstić information content (AvgIpc) is 2.25. The monoisotopic (exact) mass is 248 g/mol. The van der Waals surface area contributed by atoms with Gasteiger partial charge in [-0.2, -0.15) is 13.2 Å². The van der Waals surface area contributed by atoms with E-state index in [-0.39, 0.29) is 12.2 Å². The summed E-state index contributed by atoms with van der Waals surface area (Å²) >= 11 is 0. The summed E-state index contributed by atoms with van der Waals surface area (Å²) in [4.78, 5) is 7.96. The van der Waals surface area contributed by atoms with Crippen molar-refractivity contribution in [2.75, 3.05) is 5.43 Å². The summed E-state index contributed by atoms with van der Waals surface area (Å²) in [6, 6.07) is 1.64. The van der Waals surface area contributed by atoms with Crippen LogP contribution < -0.4 is 11.3 Å². The van der Waals surface area contributed by atoms with E-state index in [1.165, 1.54) is 0 Å². The molecule has 3 N–H and O–H groups in total. The normalized spacial score (nSPS) is 11.6. The first-order chi connectivity index (χ1) is 7.94. The second-order valence-electron chi connectivity index (χ2n) is 3.67. The molecule has 7 heteroatoms. The van der Waals surface area contributed by atoms with Gasteiger partial charge in [0.2, 0.25) is 0 Å². The van der Waals surface area contributed by atoms with Gasteiger partial charge in [-0.1, -0.05) is 13.3 Å². The Bertz CT molecular complexity index is 365. The van der Waals surface area contributed by atoms with Gasteiger partial charge in [0.05, 0.1) is 6.42 Å². The summed E-state index contributed by atoms with van der Waals surface area (Å²) in [5.41, 5.74) is 3.03. The highest BCUT2D eigenvalue weighted by Gasteiger charge is 2.27. The van der Waals surface area contributed by atoms with Gasteiger partial charge in [-0.15, -0.1) is 0 Å². The summed E-state index contributed by atoms with van der Waals surface area (Å²) in [5, 5.41) is 0. The third kappa shape index (κ3) is 4.99. The summed E-state index contributed by atoms with van der Waals surface area (Å²) in [7, 11) is 0. The van der Waals surface area contributed by atoms with Gasteiger partial charge in [-0.25, -0.2) is 15.8 Å². The van der Waals surface area contributed by atoms with Crippen LogP contribution in [0, 0.1) is 0 Å². The number of anilines is 1. The first kappa shape index (κ1) is 13.7. The predicted molar refractivity (Wildman–Crippen MR) is 58.2 cm³/mol. The lowest BCUT2D eigenvalue weighted by Crippen LogP contribution is -2.14. The van der Waals surface area contributed by atoms with Gasteiger partial charge in [0, 0.05) is 18.2 Å². The summed E-state index contributed by atoms with van der Waals surface area (Å²) in [5.74, 6) is 5.72. The molecule has 0 aliphatic heterocycles. The number of hydrogen-bond donors (Lipinski definition) is 2. The number of aryl methyl sites for hydroxylation is 2. The largest absolute Gasteiger partial charge is 0.389 e. The summed E-state index contributed by atoms with van der Waals surface area (Å²) in [6.45, 7) is 1.97. The molecule has 0 aromatic carbocycles. The van der Waals surface area contributed by atoms with E-state index in [9.17, 15) is 13.2 Å². The fraction of sp³-hybridized carbons (Fsp3) is 0.600. The molecule has 96 valence electrons. The predicted octanol–water partition coefficient (Wildman–Crippen LogP) is 2.21. The molecular formula is C10H15F3N4. The van der Waals surface area contributed by atoms with Gasteiger partial charge in [-0.3, -0.25) is 0 Å². The molecule has 0 bridgehead atoms. The molecule has 0 aliphatic rings. The van der Waals surface area contributed by atoms with Crippen LogP contribution in [-0.4, -0.2) is 16.1 Å². The highest BCUT2D eigenvalue weighted by molar-refractivity contribution is 5.34. The Hall–Kier alpha value is -1.37. The fourth-order valence-corrected chi connectivity index (χ4v) is 1.38. The number of nitrogens with zero attached hydrogens (tertiary/aromatic N) is 2. The van der Waals surface area contributed by atoms with E-state index < -0.39 is 12.6 Å². The minimum atomic E-state index is -4.19. The SMILES string of the molecule is CCCc1cc(NN)nc(CCC(F)(F)F)n1. The van der Waals surface area contributed by atoms with Gasteiger partial charge >= 0.3 is 6.18 Å². The number of nitrogen functional groups attached to an aromatic ring is 1. The van der Waals surface area contributed by atoms with Crippen molar-refractivity contribution < 1.29 is 13.2 Å². The number of alkyl halides is 3. The molecule has 0 spiro atoms. The molecule has 0 fully saturated rings. The fourth-order valence-electron chi connectivity index (χ4n) is 1.38. The Labute approximate surface area is 97.4 Å². The highest BCUT2D eigenvalue weighted by Crippen LogP contribution is 2.21. The number of nitrogens with two attached hydrogens (primary N) is 1. The standard InChI is InChI=1S/C10H15F3N4/c1-2-3-7-6-9(17-14)16-8(15-7)4-5-10(11,12)13/h6H,2-5,14H2,1H3,(H,15,16,17). The Morgan fingerprint density at radius 3 is 2.53 bits per heavy atom. The van der Waals surface area contributed by atoms with Crippen LogP contribution in [0.15, 0.2) is 6.07 Å². The molecule has 0 saturated carbocycles. The van der Waals surface area contributed by atoms with Gasteiger partial charge in [0.1, 0.15) is 11.6 Å². The van der Waals surface area contributed by atoms with E-state index in [1.54, 1.807) is 6.07 Å². The second-order valence-corrected chi connectivity index (χ2v) is 3.67. The van der Waals surface area contributed by atoms with E-state index in [2.05, 4.69) is 15.4 Å². The number of nitrogens with one attached hydrogen (secondary N) is 1. The Kier molecular flexibility index (Phi) is 4.68. The number of hydrazine groups is 1. The lowest BCUT2D eigenvalue weighted by Gasteiger charge is -2.08. The van der Waals surface area contributed by atoms with Crippen molar-refractivity contribution in [3.63, 3.8) is 0 Å². The molecule has 0 saturated heterocycles. The summed E-state index contributed by atoms with van der Waals surface area (Å²) in [6.07, 6.45) is -3.79. The van der Waals surface area contributed by atoms with Crippen LogP contribution in [0.5, 0.6) is 0 Å². The topological polar surface area (TPSA) is 63.8 Å². The van der Waals surface area contributed by atoms with Crippen molar-refractivity contribution >= 4 is 5.82 Å². The maximum absolute atomic E-state index is 12.1. The minimum absolute atomic E-state index is 0.168. The van der Waals surface area contributed by atoms with Gasteiger partial charge in [-0.05, 0) is 6.42 Å². The molecule has 0 atom stereocenters. The molecule has 0 amide bonds. The number of aromatic nitrogens is 2. The van der Waals surface area contributed by atoms with Crippen LogP contribution in [0.2, 0.25) is 0 Å². The lowest BCUT2D eigenvalue weighted by molar-refractivity contribution is -0.134. The summed E-state index contributed by atoms with van der Waals surface area (Å²) < 4.78 is 36.2. The Morgan fingerprint density at radius 1 is 1.29 bits per heavy atom. The third-order valence-corrected chi connectivity index (χ3v) is 2.11. The van der Waals surface area contributed by atoms with Gasteiger partial charge in [0.15, 0.2) is 0 Å². The second kappa shape index (κ2) is 5.81. The van der Waals surface area contributed by atoms with Crippen LogP contribution in [0.4, 0.5) is 19.0 Å². The van der Waals surface area contributed by atoms with Crippen LogP contribution >= 0.6 is 0 Å². The maximum Gasteiger partial charge on any atom is 0.389 e. The lowest BCUT2D eigenvalue weighted by atomic mass is 10.2. The van der Waals surface area contributed by atoms with Crippen molar-refractivity contribution in [1.82, 2.24) is 9.97 Å². The van der Waals surface area contributed by atoms with Crippen LogP contribution in [0.1, 0.15) is 31.3 Å². The molecule has 1 aromatic rings. The molecule has 0 radical (unpaired) electrons. The first-order valence-electron chi connectivity index (χ1n) is 5.35. The zero-order valence-corrected chi connectivity index (χ0v) is 9.51. The zero-order valence-electron chi connectivity index (χ0n) is 9.51.